The van der Waals surface area contributed by atoms with Crippen molar-refractivity contribution in [3.63, 3.8) is 0 Å². The monoisotopic (exact) mass is 472 g/mol. The molecule has 10 heteroatoms. The Bertz CT molecular complexity index is 913. The van der Waals surface area contributed by atoms with E-state index in [1.165, 1.54) is 18.2 Å². The van der Waals surface area contributed by atoms with Gasteiger partial charge in [0, 0.05) is 45.2 Å². The molecule has 0 atom stereocenters. The number of aryl methyl sites for hydroxylation is 1. The molecule has 2 aromatic carbocycles. The predicted molar refractivity (Wildman–Crippen MR) is 111 cm³/mol. The molecular weight excluding hydrogens is 447 g/mol. The first-order valence-corrected chi connectivity index (χ1v) is 10.6. The summed E-state index contributed by atoms with van der Waals surface area (Å²) in [7, 11) is 0. The van der Waals surface area contributed by atoms with Gasteiger partial charge >= 0.3 is 6.36 Å². The molecule has 5 nitrogen and oxygen atoms in total. The van der Waals surface area contributed by atoms with Crippen molar-refractivity contribution in [2.75, 3.05) is 39.3 Å². The number of halogens is 5. The van der Waals surface area contributed by atoms with E-state index in [0.29, 0.717) is 52.0 Å². The zero-order valence-corrected chi connectivity index (χ0v) is 17.9. The van der Waals surface area contributed by atoms with E-state index in [0.717, 1.165) is 17.7 Å². The van der Waals surface area contributed by atoms with Crippen LogP contribution in [0.4, 0.5) is 22.0 Å². The lowest BCUT2D eigenvalue weighted by atomic mass is 10.1. The van der Waals surface area contributed by atoms with Crippen LogP contribution >= 0.6 is 0 Å². The number of alkyl halides is 3. The molecular formula is C23H25F5N2O3. The minimum atomic E-state index is -4.72. The number of piperazine rings is 1. The van der Waals surface area contributed by atoms with Crippen molar-refractivity contribution in [3.05, 3.63) is 59.7 Å². The van der Waals surface area contributed by atoms with Crippen molar-refractivity contribution < 1.29 is 36.2 Å². The van der Waals surface area contributed by atoms with Crippen molar-refractivity contribution in [1.29, 1.82) is 0 Å². The number of hydrogen-bond acceptors (Lipinski definition) is 4. The second kappa shape index (κ2) is 11.3. The number of rotatable bonds is 9. The highest BCUT2D eigenvalue weighted by Crippen LogP contribution is 2.23. The first-order chi connectivity index (χ1) is 15.7. The highest BCUT2D eigenvalue weighted by atomic mass is 19.4. The average molecular weight is 472 g/mol. The average Bonchev–Trinajstić information content (AvgIpc) is 2.76. The van der Waals surface area contributed by atoms with E-state index in [1.54, 1.807) is 17.0 Å². The highest BCUT2D eigenvalue weighted by molar-refractivity contribution is 5.76. The van der Waals surface area contributed by atoms with E-state index in [2.05, 4.69) is 9.64 Å². The summed E-state index contributed by atoms with van der Waals surface area (Å²) in [6.45, 7) is 3.31. The molecule has 0 N–H and O–H groups in total. The van der Waals surface area contributed by atoms with Crippen molar-refractivity contribution >= 4 is 5.91 Å². The van der Waals surface area contributed by atoms with Gasteiger partial charge in [0.15, 0.2) is 11.6 Å². The van der Waals surface area contributed by atoms with E-state index in [-0.39, 0.29) is 24.0 Å². The topological polar surface area (TPSA) is 42.0 Å². The summed E-state index contributed by atoms with van der Waals surface area (Å²) in [5.74, 6) is -1.62. The Hall–Kier alpha value is -2.88. The molecule has 0 aliphatic carbocycles. The van der Waals surface area contributed by atoms with Gasteiger partial charge in [-0.2, -0.15) is 0 Å². The fraction of sp³-hybridized carbons (Fsp3) is 0.435. The van der Waals surface area contributed by atoms with Gasteiger partial charge in [-0.3, -0.25) is 9.69 Å². The van der Waals surface area contributed by atoms with Crippen molar-refractivity contribution in [2.45, 2.75) is 25.6 Å². The van der Waals surface area contributed by atoms with Crippen molar-refractivity contribution in [3.8, 4) is 11.5 Å². The van der Waals surface area contributed by atoms with Gasteiger partial charge in [-0.15, -0.1) is 13.2 Å². The van der Waals surface area contributed by atoms with E-state index in [4.69, 9.17) is 4.74 Å². The maximum atomic E-state index is 13.6. The Kier molecular flexibility index (Phi) is 8.49. The van der Waals surface area contributed by atoms with E-state index >= 15 is 0 Å². The zero-order valence-electron chi connectivity index (χ0n) is 17.9. The third-order valence-electron chi connectivity index (χ3n) is 5.30. The van der Waals surface area contributed by atoms with Gasteiger partial charge in [0.25, 0.3) is 0 Å². The van der Waals surface area contributed by atoms with Gasteiger partial charge in [0.1, 0.15) is 18.2 Å². The number of benzene rings is 2. The fourth-order valence-corrected chi connectivity index (χ4v) is 3.56. The Labute approximate surface area is 188 Å². The summed E-state index contributed by atoms with van der Waals surface area (Å²) in [6.07, 6.45) is -3.19. The van der Waals surface area contributed by atoms with Crippen LogP contribution in [-0.4, -0.2) is 61.4 Å². The summed E-state index contributed by atoms with van der Waals surface area (Å²) < 4.78 is 72.3. The second-order valence-corrected chi connectivity index (χ2v) is 7.69. The second-order valence-electron chi connectivity index (χ2n) is 7.69. The number of ether oxygens (including phenoxy) is 2. The molecule has 0 unspecified atom stereocenters. The van der Waals surface area contributed by atoms with Gasteiger partial charge in [-0.25, -0.2) is 8.78 Å². The van der Waals surface area contributed by atoms with Crippen LogP contribution in [0, 0.1) is 11.6 Å². The Morgan fingerprint density at radius 2 is 1.67 bits per heavy atom. The molecule has 1 heterocycles. The maximum Gasteiger partial charge on any atom is 0.573 e. The van der Waals surface area contributed by atoms with Crippen LogP contribution in [-0.2, 0) is 11.2 Å². The van der Waals surface area contributed by atoms with E-state index in [1.807, 2.05) is 0 Å². The van der Waals surface area contributed by atoms with Crippen molar-refractivity contribution in [2.24, 2.45) is 0 Å². The van der Waals surface area contributed by atoms with Gasteiger partial charge in [-0.05, 0) is 42.7 Å². The molecule has 1 fully saturated rings. The van der Waals surface area contributed by atoms with Crippen LogP contribution in [0.25, 0.3) is 0 Å². The molecule has 33 heavy (non-hydrogen) atoms. The van der Waals surface area contributed by atoms with Crippen LogP contribution in [0.1, 0.15) is 18.4 Å². The van der Waals surface area contributed by atoms with Gasteiger partial charge in [0.2, 0.25) is 5.91 Å². The SMILES string of the molecule is O=C(CCCc1ccc(OC(F)(F)F)cc1)N1CCN(CCOc2ccc(F)cc2F)CC1. The quantitative estimate of drug-likeness (QED) is 0.507. The molecule has 3 rings (SSSR count). The summed E-state index contributed by atoms with van der Waals surface area (Å²) in [6, 6.07) is 8.81. The molecule has 0 bridgehead atoms. The predicted octanol–water partition coefficient (Wildman–Crippen LogP) is 4.41. The molecule has 1 saturated heterocycles. The molecule has 1 aliphatic heterocycles. The largest absolute Gasteiger partial charge is 0.573 e. The maximum absolute atomic E-state index is 13.6. The minimum absolute atomic E-state index is 0.00716. The molecule has 0 spiro atoms. The summed E-state index contributed by atoms with van der Waals surface area (Å²) >= 11 is 0. The smallest absolute Gasteiger partial charge is 0.489 e. The molecule has 1 aliphatic rings. The number of carbonyl (C=O) groups is 1. The van der Waals surface area contributed by atoms with Crippen LogP contribution in [0.2, 0.25) is 0 Å². The number of carbonyl (C=O) groups excluding carboxylic acids is 1. The lowest BCUT2D eigenvalue weighted by molar-refractivity contribution is -0.274. The molecule has 0 radical (unpaired) electrons. The molecule has 180 valence electrons. The van der Waals surface area contributed by atoms with Gasteiger partial charge in [-0.1, -0.05) is 12.1 Å². The first kappa shape index (κ1) is 24.8. The van der Waals surface area contributed by atoms with Crippen LogP contribution in [0.5, 0.6) is 11.5 Å². The van der Waals surface area contributed by atoms with Crippen LogP contribution in [0.15, 0.2) is 42.5 Å². The number of hydrogen-bond donors (Lipinski definition) is 0. The van der Waals surface area contributed by atoms with Crippen molar-refractivity contribution in [1.82, 2.24) is 9.80 Å². The van der Waals surface area contributed by atoms with E-state index < -0.39 is 18.0 Å². The summed E-state index contributed by atoms with van der Waals surface area (Å²) in [4.78, 5) is 16.3. The fourth-order valence-electron chi connectivity index (χ4n) is 3.56. The lowest BCUT2D eigenvalue weighted by Gasteiger charge is -2.34. The third-order valence-corrected chi connectivity index (χ3v) is 5.30. The lowest BCUT2D eigenvalue weighted by Crippen LogP contribution is -2.49. The number of amides is 1. The van der Waals surface area contributed by atoms with Crippen LogP contribution in [0.3, 0.4) is 0 Å². The highest BCUT2D eigenvalue weighted by Gasteiger charge is 2.31. The number of nitrogens with zero attached hydrogens (tertiary/aromatic N) is 2. The van der Waals surface area contributed by atoms with Gasteiger partial charge < -0.3 is 14.4 Å². The van der Waals surface area contributed by atoms with Crippen LogP contribution < -0.4 is 9.47 Å². The first-order valence-electron chi connectivity index (χ1n) is 10.6. The Morgan fingerprint density at radius 1 is 0.970 bits per heavy atom. The van der Waals surface area contributed by atoms with Gasteiger partial charge in [0.05, 0.1) is 0 Å². The summed E-state index contributed by atoms with van der Waals surface area (Å²) in [5, 5.41) is 0. The standard InChI is InChI=1S/C23H25F5N2O3/c24-18-6-9-21(20(25)16-18)32-15-14-29-10-12-30(13-11-29)22(31)3-1-2-17-4-7-19(8-5-17)33-23(26,27)28/h4-9,16H,1-3,10-15H2. The summed E-state index contributed by atoms with van der Waals surface area (Å²) in [5.41, 5.74) is 0.833. The zero-order chi connectivity index (χ0) is 23.8. The third kappa shape index (κ3) is 8.20. The normalized spacial score (nSPS) is 14.9. The molecule has 0 saturated carbocycles. The molecule has 2 aromatic rings. The minimum Gasteiger partial charge on any atom is -0.489 e. The molecule has 1 amide bonds. The Balaban J connectivity index is 1.31. The molecule has 0 aromatic heterocycles. The van der Waals surface area contributed by atoms with E-state index in [9.17, 15) is 26.7 Å². The Morgan fingerprint density at radius 3 is 2.30 bits per heavy atom.